The van der Waals surface area contributed by atoms with E-state index in [1.165, 1.54) is 16.8 Å². The molecule has 0 amide bonds. The molecule has 3 heterocycles. The molecule has 3 aromatic rings. The van der Waals surface area contributed by atoms with Gasteiger partial charge in [-0.1, -0.05) is 18.6 Å². The van der Waals surface area contributed by atoms with Gasteiger partial charge in [-0.3, -0.25) is 4.90 Å². The van der Waals surface area contributed by atoms with Gasteiger partial charge in [0.25, 0.3) is 0 Å². The Morgan fingerprint density at radius 1 is 0.914 bits per heavy atom. The minimum Gasteiger partial charge on any atom is -0.369 e. The first-order chi connectivity index (χ1) is 16.9. The predicted octanol–water partition coefficient (Wildman–Crippen LogP) is 4.17. The van der Waals surface area contributed by atoms with Crippen LogP contribution in [0.1, 0.15) is 43.1 Å². The summed E-state index contributed by atoms with van der Waals surface area (Å²) in [6.07, 6.45) is 2.98. The van der Waals surface area contributed by atoms with Crippen molar-refractivity contribution in [3.63, 3.8) is 0 Å². The fourth-order valence-electron chi connectivity index (χ4n) is 5.47. The van der Waals surface area contributed by atoms with E-state index in [1.807, 2.05) is 6.07 Å². The molecular formula is C27H37N5O2S. The molecule has 1 aromatic heterocycles. The highest BCUT2D eigenvalue weighted by Crippen LogP contribution is 2.27. The summed E-state index contributed by atoms with van der Waals surface area (Å²) in [5, 5.41) is 0. The Morgan fingerprint density at radius 3 is 2.37 bits per heavy atom. The average molecular weight is 496 g/mol. The SMILES string of the molecule is CCn1c(CN2CCN(c3cccc(C)c3C)CC2)nc2cc(S(=O)(=O)N3CCCCC3)ccc21. The van der Waals surface area contributed by atoms with E-state index in [2.05, 4.69) is 53.3 Å². The van der Waals surface area contributed by atoms with Crippen LogP contribution in [0.2, 0.25) is 0 Å². The lowest BCUT2D eigenvalue weighted by Gasteiger charge is -2.37. The summed E-state index contributed by atoms with van der Waals surface area (Å²) in [5.41, 5.74) is 5.82. The predicted molar refractivity (Wildman–Crippen MR) is 141 cm³/mol. The van der Waals surface area contributed by atoms with Crippen LogP contribution >= 0.6 is 0 Å². The number of fused-ring (bicyclic) bond motifs is 1. The van der Waals surface area contributed by atoms with E-state index in [9.17, 15) is 8.42 Å². The highest BCUT2D eigenvalue weighted by Gasteiger charge is 2.27. The van der Waals surface area contributed by atoms with Crippen molar-refractivity contribution in [1.82, 2.24) is 18.8 Å². The molecule has 0 unspecified atom stereocenters. The van der Waals surface area contributed by atoms with Crippen molar-refractivity contribution in [3.8, 4) is 0 Å². The van der Waals surface area contributed by atoms with Crippen LogP contribution in [0.25, 0.3) is 11.0 Å². The Labute approximate surface area is 209 Å². The molecule has 2 fully saturated rings. The number of benzene rings is 2. The minimum absolute atomic E-state index is 0.362. The van der Waals surface area contributed by atoms with Gasteiger partial charge in [-0.25, -0.2) is 13.4 Å². The number of sulfonamides is 1. The van der Waals surface area contributed by atoms with Crippen molar-refractivity contribution < 1.29 is 8.42 Å². The van der Waals surface area contributed by atoms with Crippen LogP contribution in [0.3, 0.4) is 0 Å². The summed E-state index contributed by atoms with van der Waals surface area (Å²) in [6.45, 7) is 13.3. The molecule has 188 valence electrons. The lowest BCUT2D eigenvalue weighted by molar-refractivity contribution is 0.241. The average Bonchev–Trinajstić information content (AvgIpc) is 3.23. The van der Waals surface area contributed by atoms with E-state index in [0.717, 1.165) is 75.4 Å². The Morgan fingerprint density at radius 2 is 1.66 bits per heavy atom. The number of anilines is 1. The van der Waals surface area contributed by atoms with Crippen LogP contribution in [-0.4, -0.2) is 66.4 Å². The summed E-state index contributed by atoms with van der Waals surface area (Å²) in [4.78, 5) is 10.2. The zero-order valence-electron chi connectivity index (χ0n) is 21.2. The van der Waals surface area contributed by atoms with Gasteiger partial charge >= 0.3 is 0 Å². The third-order valence-corrected chi connectivity index (χ3v) is 9.62. The largest absolute Gasteiger partial charge is 0.369 e. The number of piperazine rings is 1. The smallest absolute Gasteiger partial charge is 0.243 e. The first-order valence-corrected chi connectivity index (χ1v) is 14.4. The number of piperidine rings is 1. The van der Waals surface area contributed by atoms with E-state index in [-0.39, 0.29) is 0 Å². The summed E-state index contributed by atoms with van der Waals surface area (Å²) >= 11 is 0. The zero-order chi connectivity index (χ0) is 24.6. The number of rotatable bonds is 6. The number of nitrogens with zero attached hydrogens (tertiary/aromatic N) is 5. The van der Waals surface area contributed by atoms with E-state index in [1.54, 1.807) is 16.4 Å². The Bertz CT molecular complexity index is 1300. The van der Waals surface area contributed by atoms with Gasteiger partial charge in [0, 0.05) is 51.5 Å². The van der Waals surface area contributed by atoms with E-state index in [4.69, 9.17) is 4.98 Å². The molecule has 0 atom stereocenters. The molecule has 35 heavy (non-hydrogen) atoms. The molecule has 2 aromatic carbocycles. The number of hydrogen-bond acceptors (Lipinski definition) is 5. The van der Waals surface area contributed by atoms with Gasteiger partial charge in [-0.05, 0) is 69.0 Å². The van der Waals surface area contributed by atoms with Crippen LogP contribution in [0, 0.1) is 13.8 Å². The minimum atomic E-state index is -3.46. The summed E-state index contributed by atoms with van der Waals surface area (Å²) in [6, 6.07) is 12.0. The number of imidazole rings is 1. The molecule has 0 bridgehead atoms. The summed E-state index contributed by atoms with van der Waals surface area (Å²) in [7, 11) is -3.46. The van der Waals surface area contributed by atoms with Crippen molar-refractivity contribution in [3.05, 3.63) is 53.3 Å². The van der Waals surface area contributed by atoms with Gasteiger partial charge in [0.2, 0.25) is 10.0 Å². The van der Waals surface area contributed by atoms with Gasteiger partial charge in [0.1, 0.15) is 5.82 Å². The lowest BCUT2D eigenvalue weighted by Crippen LogP contribution is -2.46. The van der Waals surface area contributed by atoms with Crippen LogP contribution in [0.5, 0.6) is 0 Å². The second-order valence-corrected chi connectivity index (χ2v) is 11.8. The van der Waals surface area contributed by atoms with Gasteiger partial charge in [0.15, 0.2) is 0 Å². The first-order valence-electron chi connectivity index (χ1n) is 12.9. The number of aromatic nitrogens is 2. The molecule has 0 aliphatic carbocycles. The summed E-state index contributed by atoms with van der Waals surface area (Å²) in [5.74, 6) is 1.01. The Hall–Kier alpha value is -2.42. The van der Waals surface area contributed by atoms with Crippen LogP contribution in [0.15, 0.2) is 41.3 Å². The summed E-state index contributed by atoms with van der Waals surface area (Å²) < 4.78 is 30.2. The van der Waals surface area contributed by atoms with Crippen molar-refractivity contribution in [2.75, 3.05) is 44.2 Å². The second kappa shape index (κ2) is 9.91. The van der Waals surface area contributed by atoms with Crippen molar-refractivity contribution >= 4 is 26.7 Å². The number of hydrogen-bond donors (Lipinski definition) is 0. The molecular weight excluding hydrogens is 458 g/mol. The van der Waals surface area contributed by atoms with Crippen LogP contribution < -0.4 is 4.90 Å². The van der Waals surface area contributed by atoms with Crippen molar-refractivity contribution in [2.45, 2.75) is 58.0 Å². The third kappa shape index (κ3) is 4.71. The fourth-order valence-corrected chi connectivity index (χ4v) is 7.01. The van der Waals surface area contributed by atoms with E-state index < -0.39 is 10.0 Å². The van der Waals surface area contributed by atoms with Gasteiger partial charge < -0.3 is 9.47 Å². The maximum atomic E-state index is 13.2. The third-order valence-electron chi connectivity index (χ3n) is 7.72. The monoisotopic (exact) mass is 495 g/mol. The molecule has 8 heteroatoms. The molecule has 2 aliphatic heterocycles. The molecule has 2 aliphatic rings. The molecule has 0 saturated carbocycles. The van der Waals surface area contributed by atoms with Crippen molar-refractivity contribution in [2.24, 2.45) is 0 Å². The van der Waals surface area contributed by atoms with E-state index in [0.29, 0.717) is 18.0 Å². The standard InChI is InChI=1S/C27H37N5O2S/c1-4-32-26-12-11-23(35(33,34)31-13-6-5-7-14-31)19-24(26)28-27(32)20-29-15-17-30(18-16-29)25-10-8-9-21(2)22(25)3/h8-12,19H,4-7,13-18,20H2,1-3H3. The highest BCUT2D eigenvalue weighted by atomic mass is 32.2. The highest BCUT2D eigenvalue weighted by molar-refractivity contribution is 7.89. The quantitative estimate of drug-likeness (QED) is 0.514. The Balaban J connectivity index is 1.33. The zero-order valence-corrected chi connectivity index (χ0v) is 22.0. The second-order valence-electron chi connectivity index (χ2n) is 9.87. The lowest BCUT2D eigenvalue weighted by atomic mass is 10.1. The molecule has 5 rings (SSSR count). The maximum Gasteiger partial charge on any atom is 0.243 e. The van der Waals surface area contributed by atoms with E-state index >= 15 is 0 Å². The normalized spacial score (nSPS) is 18.4. The number of aryl methyl sites for hydroxylation is 2. The molecule has 2 saturated heterocycles. The first kappa shape index (κ1) is 24.3. The molecule has 0 N–H and O–H groups in total. The fraction of sp³-hybridized carbons (Fsp3) is 0.519. The van der Waals surface area contributed by atoms with Crippen molar-refractivity contribution in [1.29, 1.82) is 0 Å². The topological polar surface area (TPSA) is 61.7 Å². The maximum absolute atomic E-state index is 13.2. The molecule has 0 spiro atoms. The Kier molecular flexibility index (Phi) is 6.88. The van der Waals surface area contributed by atoms with Crippen LogP contribution in [-0.2, 0) is 23.1 Å². The molecule has 7 nitrogen and oxygen atoms in total. The van der Waals surface area contributed by atoms with Crippen LogP contribution in [0.4, 0.5) is 5.69 Å². The van der Waals surface area contributed by atoms with Gasteiger partial charge in [0.05, 0.1) is 22.5 Å². The van der Waals surface area contributed by atoms with Gasteiger partial charge in [-0.2, -0.15) is 4.31 Å². The van der Waals surface area contributed by atoms with Gasteiger partial charge in [-0.15, -0.1) is 0 Å². The molecule has 0 radical (unpaired) electrons.